The zero-order chi connectivity index (χ0) is 13.0. The van der Waals surface area contributed by atoms with Crippen molar-refractivity contribution >= 4 is 17.2 Å². The Morgan fingerprint density at radius 3 is 3.00 bits per heavy atom. The largest absolute Gasteiger partial charge is 0.350 e. The lowest BCUT2D eigenvalue weighted by Crippen LogP contribution is -2.42. The zero-order valence-corrected chi connectivity index (χ0v) is 11.4. The first-order valence-electron chi connectivity index (χ1n) is 6.32. The van der Waals surface area contributed by atoms with Crippen LogP contribution in [0.15, 0.2) is 10.2 Å². The van der Waals surface area contributed by atoms with Gasteiger partial charge in [-0.25, -0.2) is 0 Å². The van der Waals surface area contributed by atoms with Crippen molar-refractivity contribution in [1.82, 2.24) is 15.6 Å². The number of H-pyrrole nitrogens is 1. The van der Waals surface area contributed by atoms with E-state index >= 15 is 0 Å². The third kappa shape index (κ3) is 2.81. The van der Waals surface area contributed by atoms with Gasteiger partial charge in [-0.3, -0.25) is 9.59 Å². The highest BCUT2D eigenvalue weighted by Crippen LogP contribution is 2.31. The summed E-state index contributed by atoms with van der Waals surface area (Å²) in [6, 6.07) is 0. The van der Waals surface area contributed by atoms with Crippen LogP contribution in [0.3, 0.4) is 0 Å². The van der Waals surface area contributed by atoms with Crippen molar-refractivity contribution in [2.45, 2.75) is 32.7 Å². The molecule has 2 rings (SSSR count). The summed E-state index contributed by atoms with van der Waals surface area (Å²) in [5.74, 6) is 0.0985. The van der Waals surface area contributed by atoms with Gasteiger partial charge in [-0.15, -0.1) is 0 Å². The number of amides is 1. The van der Waals surface area contributed by atoms with Crippen molar-refractivity contribution < 1.29 is 4.79 Å². The standard InChI is InChI=1S/C12H19N3O2S/c1-2-3-12(4-5-13-8-12)10(16)14-6-9-7-18-11(17)15-9/h7,13H,2-6,8H2,1H3,(H,14,16)(H,15,17). The number of thiazole rings is 1. The van der Waals surface area contributed by atoms with Gasteiger partial charge in [-0.2, -0.15) is 0 Å². The van der Waals surface area contributed by atoms with Gasteiger partial charge in [0.2, 0.25) is 5.91 Å². The smallest absolute Gasteiger partial charge is 0.304 e. The molecule has 2 heterocycles. The van der Waals surface area contributed by atoms with Crippen molar-refractivity contribution in [3.63, 3.8) is 0 Å². The van der Waals surface area contributed by atoms with E-state index in [1.807, 2.05) is 0 Å². The molecule has 3 N–H and O–H groups in total. The fourth-order valence-corrected chi connectivity index (χ4v) is 3.09. The molecule has 0 spiro atoms. The molecule has 1 saturated heterocycles. The second-order valence-corrected chi connectivity index (χ2v) is 5.66. The number of hydrogen-bond donors (Lipinski definition) is 3. The fourth-order valence-electron chi connectivity index (χ4n) is 2.51. The summed E-state index contributed by atoms with van der Waals surface area (Å²) in [5.41, 5.74) is 0.515. The third-order valence-electron chi connectivity index (χ3n) is 3.46. The van der Waals surface area contributed by atoms with Gasteiger partial charge >= 0.3 is 4.87 Å². The van der Waals surface area contributed by atoms with E-state index in [9.17, 15) is 9.59 Å². The Morgan fingerprint density at radius 2 is 2.44 bits per heavy atom. The van der Waals surface area contributed by atoms with Gasteiger partial charge in [-0.05, 0) is 19.4 Å². The van der Waals surface area contributed by atoms with Gasteiger partial charge in [-0.1, -0.05) is 24.7 Å². The van der Waals surface area contributed by atoms with Gasteiger partial charge in [0, 0.05) is 17.6 Å². The highest BCUT2D eigenvalue weighted by atomic mass is 32.1. The van der Waals surface area contributed by atoms with E-state index in [2.05, 4.69) is 22.5 Å². The highest BCUT2D eigenvalue weighted by Gasteiger charge is 2.39. The summed E-state index contributed by atoms with van der Waals surface area (Å²) in [4.78, 5) is 25.9. The summed E-state index contributed by atoms with van der Waals surface area (Å²) >= 11 is 1.12. The minimum absolute atomic E-state index is 0.0787. The van der Waals surface area contributed by atoms with Gasteiger partial charge in [0.05, 0.1) is 12.0 Å². The van der Waals surface area contributed by atoms with E-state index in [-0.39, 0.29) is 16.2 Å². The fraction of sp³-hybridized carbons (Fsp3) is 0.667. The Labute approximate surface area is 110 Å². The van der Waals surface area contributed by atoms with Gasteiger partial charge in [0.15, 0.2) is 0 Å². The third-order valence-corrected chi connectivity index (χ3v) is 4.18. The monoisotopic (exact) mass is 269 g/mol. The maximum absolute atomic E-state index is 12.3. The van der Waals surface area contributed by atoms with E-state index in [0.29, 0.717) is 6.54 Å². The van der Waals surface area contributed by atoms with Crippen molar-refractivity contribution in [3.05, 3.63) is 20.7 Å². The maximum atomic E-state index is 12.3. The molecular formula is C12H19N3O2S. The zero-order valence-electron chi connectivity index (χ0n) is 10.5. The lowest BCUT2D eigenvalue weighted by atomic mass is 9.81. The van der Waals surface area contributed by atoms with Gasteiger partial charge in [0.25, 0.3) is 0 Å². The molecule has 1 aliphatic rings. The quantitative estimate of drug-likeness (QED) is 0.741. The number of nitrogens with one attached hydrogen (secondary N) is 3. The van der Waals surface area contributed by atoms with Crippen molar-refractivity contribution in [3.8, 4) is 0 Å². The molecule has 0 saturated carbocycles. The summed E-state index contributed by atoms with van der Waals surface area (Å²) in [6.45, 7) is 4.17. The Bertz CT molecular complexity index is 460. The van der Waals surface area contributed by atoms with Crippen molar-refractivity contribution in [2.24, 2.45) is 5.41 Å². The van der Waals surface area contributed by atoms with Crippen LogP contribution in [0.5, 0.6) is 0 Å². The van der Waals surface area contributed by atoms with E-state index in [4.69, 9.17) is 0 Å². The SMILES string of the molecule is CCCC1(C(=O)NCc2csc(=O)[nH]2)CCNC1. The Balaban J connectivity index is 1.95. The number of aromatic nitrogens is 1. The summed E-state index contributed by atoms with van der Waals surface area (Å²) < 4.78 is 0. The molecule has 0 radical (unpaired) electrons. The molecule has 0 aliphatic carbocycles. The molecule has 0 aromatic carbocycles. The molecule has 18 heavy (non-hydrogen) atoms. The second-order valence-electron chi connectivity index (χ2n) is 4.81. The summed E-state index contributed by atoms with van der Waals surface area (Å²) in [5, 5.41) is 7.95. The highest BCUT2D eigenvalue weighted by molar-refractivity contribution is 7.07. The van der Waals surface area contributed by atoms with Crippen LogP contribution in [0.2, 0.25) is 0 Å². The van der Waals surface area contributed by atoms with Crippen LogP contribution in [0, 0.1) is 5.41 Å². The maximum Gasteiger partial charge on any atom is 0.304 e. The number of rotatable bonds is 5. The van der Waals surface area contributed by atoms with Crippen molar-refractivity contribution in [1.29, 1.82) is 0 Å². The van der Waals surface area contributed by atoms with E-state index in [1.54, 1.807) is 5.38 Å². The molecule has 1 aromatic heterocycles. The lowest BCUT2D eigenvalue weighted by Gasteiger charge is -2.26. The van der Waals surface area contributed by atoms with Crippen LogP contribution >= 0.6 is 11.3 Å². The molecule has 1 unspecified atom stereocenters. The Hall–Kier alpha value is -1.14. The first-order chi connectivity index (χ1) is 8.66. The predicted molar refractivity (Wildman–Crippen MR) is 71.6 cm³/mol. The van der Waals surface area contributed by atoms with Crippen LogP contribution in [-0.4, -0.2) is 24.0 Å². The summed E-state index contributed by atoms with van der Waals surface area (Å²) in [7, 11) is 0. The molecule has 1 atom stereocenters. The topological polar surface area (TPSA) is 74.0 Å². The molecule has 100 valence electrons. The average Bonchev–Trinajstić information content (AvgIpc) is 2.97. The summed E-state index contributed by atoms with van der Waals surface area (Å²) in [6.07, 6.45) is 2.81. The normalized spacial score (nSPS) is 23.2. The van der Waals surface area contributed by atoms with Crippen LogP contribution in [0.4, 0.5) is 0 Å². The second kappa shape index (κ2) is 5.67. The number of hydrogen-bond acceptors (Lipinski definition) is 4. The molecule has 6 heteroatoms. The van der Waals surface area contributed by atoms with E-state index < -0.39 is 0 Å². The van der Waals surface area contributed by atoms with Crippen LogP contribution < -0.4 is 15.5 Å². The number of carbonyl (C=O) groups is 1. The Morgan fingerprint density at radius 1 is 1.61 bits per heavy atom. The van der Waals surface area contributed by atoms with E-state index in [0.717, 1.165) is 49.4 Å². The first kappa shape index (κ1) is 13.3. The van der Waals surface area contributed by atoms with Crippen molar-refractivity contribution in [2.75, 3.05) is 13.1 Å². The molecule has 5 nitrogen and oxygen atoms in total. The van der Waals surface area contributed by atoms with E-state index in [1.165, 1.54) is 0 Å². The Kier molecular flexibility index (Phi) is 4.19. The van der Waals surface area contributed by atoms with Crippen LogP contribution in [0.1, 0.15) is 31.9 Å². The average molecular weight is 269 g/mol. The van der Waals surface area contributed by atoms with Crippen LogP contribution in [0.25, 0.3) is 0 Å². The number of carbonyl (C=O) groups excluding carboxylic acids is 1. The molecule has 1 amide bonds. The molecule has 1 aromatic rings. The minimum Gasteiger partial charge on any atom is -0.350 e. The molecular weight excluding hydrogens is 250 g/mol. The number of aromatic amines is 1. The molecule has 0 bridgehead atoms. The lowest BCUT2D eigenvalue weighted by molar-refractivity contribution is -0.130. The minimum atomic E-state index is -0.259. The molecule has 1 fully saturated rings. The predicted octanol–water partition coefficient (Wildman–Crippen LogP) is 0.832. The first-order valence-corrected chi connectivity index (χ1v) is 7.20. The van der Waals surface area contributed by atoms with Crippen LogP contribution in [-0.2, 0) is 11.3 Å². The van der Waals surface area contributed by atoms with Gasteiger partial charge < -0.3 is 15.6 Å². The van der Waals surface area contributed by atoms with Gasteiger partial charge in [0.1, 0.15) is 0 Å². The molecule has 1 aliphatic heterocycles.